The van der Waals surface area contributed by atoms with Crippen molar-refractivity contribution in [1.82, 2.24) is 4.90 Å². The van der Waals surface area contributed by atoms with E-state index in [9.17, 15) is 4.79 Å². The van der Waals surface area contributed by atoms with E-state index in [1.54, 1.807) is 0 Å². The summed E-state index contributed by atoms with van der Waals surface area (Å²) in [5, 5.41) is 3.01. The molecule has 1 aliphatic heterocycles. The SMILES string of the molecule is Cc1cc(C)cc(NC(=O)CN2CCCC[C@H]2C)c1. The number of hydrogen-bond donors (Lipinski definition) is 1. The summed E-state index contributed by atoms with van der Waals surface area (Å²) in [6.45, 7) is 7.86. The summed E-state index contributed by atoms with van der Waals surface area (Å²) in [6, 6.07) is 6.68. The van der Waals surface area contributed by atoms with E-state index in [0.29, 0.717) is 12.6 Å². The van der Waals surface area contributed by atoms with E-state index >= 15 is 0 Å². The minimum Gasteiger partial charge on any atom is -0.325 e. The van der Waals surface area contributed by atoms with Gasteiger partial charge in [0.1, 0.15) is 0 Å². The van der Waals surface area contributed by atoms with E-state index in [-0.39, 0.29) is 5.91 Å². The van der Waals surface area contributed by atoms with Gasteiger partial charge in [0.2, 0.25) is 5.91 Å². The fourth-order valence-corrected chi connectivity index (χ4v) is 2.82. The van der Waals surface area contributed by atoms with E-state index in [4.69, 9.17) is 0 Å². The first kappa shape index (κ1) is 14.1. The lowest BCUT2D eigenvalue weighted by atomic mass is 10.0. The van der Waals surface area contributed by atoms with Crippen LogP contribution in [0.4, 0.5) is 5.69 Å². The van der Waals surface area contributed by atoms with Crippen LogP contribution in [0, 0.1) is 13.8 Å². The van der Waals surface area contributed by atoms with Crippen molar-refractivity contribution in [1.29, 1.82) is 0 Å². The Morgan fingerprint density at radius 1 is 1.26 bits per heavy atom. The van der Waals surface area contributed by atoms with Gasteiger partial charge in [-0.2, -0.15) is 0 Å². The third kappa shape index (κ3) is 4.06. The molecule has 104 valence electrons. The number of anilines is 1. The molecule has 0 unspecified atom stereocenters. The molecule has 0 bridgehead atoms. The highest BCUT2D eigenvalue weighted by Crippen LogP contribution is 2.17. The average Bonchev–Trinajstić information content (AvgIpc) is 2.30. The summed E-state index contributed by atoms with van der Waals surface area (Å²) in [5.41, 5.74) is 3.27. The molecule has 1 amide bonds. The lowest BCUT2D eigenvalue weighted by Gasteiger charge is -2.32. The maximum atomic E-state index is 12.1. The zero-order valence-corrected chi connectivity index (χ0v) is 12.2. The van der Waals surface area contributed by atoms with Crippen molar-refractivity contribution in [2.45, 2.75) is 46.1 Å². The Morgan fingerprint density at radius 3 is 2.58 bits per heavy atom. The number of benzene rings is 1. The predicted octanol–water partition coefficient (Wildman–Crippen LogP) is 3.12. The van der Waals surface area contributed by atoms with Crippen LogP contribution >= 0.6 is 0 Å². The number of nitrogens with one attached hydrogen (secondary N) is 1. The maximum absolute atomic E-state index is 12.1. The molecule has 1 heterocycles. The first-order valence-electron chi connectivity index (χ1n) is 7.17. The lowest BCUT2D eigenvalue weighted by molar-refractivity contribution is -0.118. The number of aryl methyl sites for hydroxylation is 2. The highest BCUT2D eigenvalue weighted by molar-refractivity contribution is 5.92. The molecule has 1 saturated heterocycles. The number of rotatable bonds is 3. The Balaban J connectivity index is 1.93. The Bertz CT molecular complexity index is 436. The fourth-order valence-electron chi connectivity index (χ4n) is 2.82. The molecule has 3 nitrogen and oxygen atoms in total. The van der Waals surface area contributed by atoms with Crippen molar-refractivity contribution in [3.8, 4) is 0 Å². The first-order valence-corrected chi connectivity index (χ1v) is 7.17. The van der Waals surface area contributed by atoms with Gasteiger partial charge in [-0.1, -0.05) is 12.5 Å². The van der Waals surface area contributed by atoms with E-state index in [1.807, 2.05) is 12.1 Å². The Morgan fingerprint density at radius 2 is 1.95 bits per heavy atom. The molecule has 0 aliphatic carbocycles. The topological polar surface area (TPSA) is 32.3 Å². The summed E-state index contributed by atoms with van der Waals surface area (Å²) in [5.74, 6) is 0.0961. The monoisotopic (exact) mass is 260 g/mol. The van der Waals surface area contributed by atoms with E-state index in [2.05, 4.69) is 37.1 Å². The zero-order chi connectivity index (χ0) is 13.8. The van der Waals surface area contributed by atoms with Crippen molar-refractivity contribution in [3.63, 3.8) is 0 Å². The molecule has 0 aromatic heterocycles. The Labute approximate surface area is 116 Å². The number of hydrogen-bond acceptors (Lipinski definition) is 2. The second-order valence-corrected chi connectivity index (χ2v) is 5.74. The molecule has 0 saturated carbocycles. The summed E-state index contributed by atoms with van der Waals surface area (Å²) >= 11 is 0. The van der Waals surface area contributed by atoms with E-state index < -0.39 is 0 Å². The third-order valence-electron chi connectivity index (χ3n) is 3.79. The number of piperidine rings is 1. The van der Waals surface area contributed by atoms with Gasteiger partial charge in [-0.05, 0) is 63.4 Å². The lowest BCUT2D eigenvalue weighted by Crippen LogP contribution is -2.42. The van der Waals surface area contributed by atoms with Crippen LogP contribution in [-0.4, -0.2) is 29.9 Å². The van der Waals surface area contributed by atoms with Gasteiger partial charge in [0.05, 0.1) is 6.54 Å². The molecular formula is C16H24N2O. The van der Waals surface area contributed by atoms with E-state index in [1.165, 1.54) is 30.4 Å². The standard InChI is InChI=1S/C16H24N2O/c1-12-8-13(2)10-15(9-12)17-16(19)11-18-7-5-4-6-14(18)3/h8-10,14H,4-7,11H2,1-3H3,(H,17,19)/t14-/m1/s1. The predicted molar refractivity (Wildman–Crippen MR) is 79.4 cm³/mol. The van der Waals surface area contributed by atoms with Gasteiger partial charge in [0.25, 0.3) is 0 Å². The van der Waals surface area contributed by atoms with E-state index in [0.717, 1.165) is 12.2 Å². The van der Waals surface area contributed by atoms with Gasteiger partial charge < -0.3 is 5.32 Å². The highest BCUT2D eigenvalue weighted by atomic mass is 16.2. The van der Waals surface area contributed by atoms with Crippen LogP contribution < -0.4 is 5.32 Å². The molecule has 0 radical (unpaired) electrons. The number of nitrogens with zero attached hydrogens (tertiary/aromatic N) is 1. The van der Waals surface area contributed by atoms with Crippen LogP contribution in [0.25, 0.3) is 0 Å². The Hall–Kier alpha value is -1.35. The minimum absolute atomic E-state index is 0.0961. The van der Waals surface area contributed by atoms with Gasteiger partial charge in [-0.15, -0.1) is 0 Å². The molecule has 1 atom stereocenters. The molecule has 1 aliphatic rings. The Kier molecular flexibility index (Phi) is 4.59. The van der Waals surface area contributed by atoms with Crippen molar-refractivity contribution in [3.05, 3.63) is 29.3 Å². The second-order valence-electron chi connectivity index (χ2n) is 5.74. The molecule has 2 rings (SSSR count). The highest BCUT2D eigenvalue weighted by Gasteiger charge is 2.20. The maximum Gasteiger partial charge on any atom is 0.238 e. The van der Waals surface area contributed by atoms with Gasteiger partial charge in [0.15, 0.2) is 0 Å². The van der Waals surface area contributed by atoms with Crippen molar-refractivity contribution >= 4 is 11.6 Å². The number of likely N-dealkylation sites (tertiary alicyclic amines) is 1. The quantitative estimate of drug-likeness (QED) is 0.905. The molecule has 1 fully saturated rings. The van der Waals surface area contributed by atoms with Crippen LogP contribution in [0.2, 0.25) is 0 Å². The van der Waals surface area contributed by atoms with Crippen LogP contribution in [-0.2, 0) is 4.79 Å². The smallest absolute Gasteiger partial charge is 0.238 e. The number of carbonyl (C=O) groups excluding carboxylic acids is 1. The molecule has 3 heteroatoms. The average molecular weight is 260 g/mol. The van der Waals surface area contributed by atoms with Gasteiger partial charge in [-0.3, -0.25) is 9.69 Å². The van der Waals surface area contributed by atoms with Crippen molar-refractivity contribution in [2.75, 3.05) is 18.4 Å². The molecule has 19 heavy (non-hydrogen) atoms. The summed E-state index contributed by atoms with van der Waals surface area (Å²) in [7, 11) is 0. The number of carbonyl (C=O) groups is 1. The zero-order valence-electron chi connectivity index (χ0n) is 12.2. The van der Waals surface area contributed by atoms with Crippen LogP contribution in [0.15, 0.2) is 18.2 Å². The van der Waals surface area contributed by atoms with Gasteiger partial charge in [0, 0.05) is 11.7 Å². The van der Waals surface area contributed by atoms with Crippen LogP contribution in [0.3, 0.4) is 0 Å². The van der Waals surface area contributed by atoms with Gasteiger partial charge >= 0.3 is 0 Å². The van der Waals surface area contributed by atoms with Crippen molar-refractivity contribution in [2.24, 2.45) is 0 Å². The number of amides is 1. The molecule has 1 aromatic rings. The minimum atomic E-state index is 0.0961. The second kappa shape index (κ2) is 6.20. The first-order chi connectivity index (χ1) is 9.04. The summed E-state index contributed by atoms with van der Waals surface area (Å²) in [6.07, 6.45) is 3.70. The molecule has 1 aromatic carbocycles. The fraction of sp³-hybridized carbons (Fsp3) is 0.562. The third-order valence-corrected chi connectivity index (χ3v) is 3.79. The van der Waals surface area contributed by atoms with Crippen LogP contribution in [0.1, 0.15) is 37.3 Å². The van der Waals surface area contributed by atoms with Crippen LogP contribution in [0.5, 0.6) is 0 Å². The molecule has 1 N–H and O–H groups in total. The normalized spacial score (nSPS) is 20.3. The summed E-state index contributed by atoms with van der Waals surface area (Å²) in [4.78, 5) is 14.4. The van der Waals surface area contributed by atoms with Gasteiger partial charge in [-0.25, -0.2) is 0 Å². The molecular weight excluding hydrogens is 236 g/mol. The summed E-state index contributed by atoms with van der Waals surface area (Å²) < 4.78 is 0. The largest absolute Gasteiger partial charge is 0.325 e. The van der Waals surface area contributed by atoms with Crippen molar-refractivity contribution < 1.29 is 4.79 Å². The molecule has 0 spiro atoms.